The molecular formula is C20H40O4. The van der Waals surface area contributed by atoms with Crippen LogP contribution >= 0.6 is 0 Å². The van der Waals surface area contributed by atoms with Crippen molar-refractivity contribution in [1.82, 2.24) is 0 Å². The lowest BCUT2D eigenvalue weighted by Gasteiger charge is -2.00. The van der Waals surface area contributed by atoms with E-state index in [0.29, 0.717) is 12.8 Å². The molecule has 0 rings (SSSR count). The van der Waals surface area contributed by atoms with E-state index < -0.39 is 11.9 Å². The Labute approximate surface area is 149 Å². The summed E-state index contributed by atoms with van der Waals surface area (Å²) >= 11 is 0. The maximum absolute atomic E-state index is 10.2. The molecule has 4 heteroatoms. The quantitative estimate of drug-likeness (QED) is 0.317. The van der Waals surface area contributed by atoms with Crippen molar-refractivity contribution in [3.05, 3.63) is 0 Å². The Bertz CT molecular complexity index is 277. The predicted octanol–water partition coefficient (Wildman–Crippen LogP) is 6.42. The highest BCUT2D eigenvalue weighted by atomic mass is 16.4. The average molecular weight is 345 g/mol. The number of carboxylic acid groups (broad SMARTS) is 2. The van der Waals surface area contributed by atoms with Crippen LogP contribution in [0.5, 0.6) is 0 Å². The maximum Gasteiger partial charge on any atom is 0.303 e. The Kier molecular flexibility index (Phi) is 23.0. The second kappa shape index (κ2) is 21.9. The van der Waals surface area contributed by atoms with Gasteiger partial charge in [0.1, 0.15) is 0 Å². The fourth-order valence-electron chi connectivity index (χ4n) is 2.47. The molecule has 4 nitrogen and oxygen atoms in total. The van der Waals surface area contributed by atoms with E-state index in [2.05, 4.69) is 13.8 Å². The summed E-state index contributed by atoms with van der Waals surface area (Å²) in [5.41, 5.74) is 0. The Balaban J connectivity index is 0. The van der Waals surface area contributed by atoms with Crippen molar-refractivity contribution in [2.24, 2.45) is 0 Å². The second-order valence-electron chi connectivity index (χ2n) is 6.53. The van der Waals surface area contributed by atoms with Crippen LogP contribution in [0, 0.1) is 0 Å². The molecule has 0 saturated heterocycles. The molecule has 0 fully saturated rings. The molecule has 0 atom stereocenters. The lowest BCUT2D eigenvalue weighted by atomic mass is 10.1. The highest BCUT2D eigenvalue weighted by molar-refractivity contribution is 5.66. The zero-order chi connectivity index (χ0) is 18.5. The summed E-state index contributed by atoms with van der Waals surface area (Å²) < 4.78 is 0. The summed E-state index contributed by atoms with van der Waals surface area (Å²) in [6.07, 6.45) is 17.4. The van der Waals surface area contributed by atoms with Gasteiger partial charge in [0.25, 0.3) is 0 Å². The van der Waals surface area contributed by atoms with Crippen molar-refractivity contribution in [1.29, 1.82) is 0 Å². The molecule has 0 unspecified atom stereocenters. The molecule has 0 heterocycles. The number of hydrogen-bond donors (Lipinski definition) is 2. The van der Waals surface area contributed by atoms with Crippen LogP contribution in [0.1, 0.15) is 117 Å². The maximum atomic E-state index is 10.2. The highest BCUT2D eigenvalue weighted by Crippen LogP contribution is 2.10. The van der Waals surface area contributed by atoms with Gasteiger partial charge in [-0.05, 0) is 12.8 Å². The number of unbranched alkanes of at least 4 members (excludes halogenated alkanes) is 12. The number of rotatable bonds is 16. The molecule has 2 N–H and O–H groups in total. The minimum absolute atomic E-state index is 0.337. The summed E-state index contributed by atoms with van der Waals surface area (Å²) in [4.78, 5) is 20.2. The van der Waals surface area contributed by atoms with E-state index in [1.165, 1.54) is 64.2 Å². The molecule has 0 spiro atoms. The van der Waals surface area contributed by atoms with Crippen molar-refractivity contribution >= 4 is 11.9 Å². The van der Waals surface area contributed by atoms with E-state index in [1.54, 1.807) is 0 Å². The van der Waals surface area contributed by atoms with Gasteiger partial charge in [0, 0.05) is 12.8 Å². The molecule has 0 aliphatic rings. The van der Waals surface area contributed by atoms with E-state index in [4.69, 9.17) is 10.2 Å². The van der Waals surface area contributed by atoms with Crippen LogP contribution in [0.4, 0.5) is 0 Å². The van der Waals surface area contributed by atoms with Gasteiger partial charge < -0.3 is 10.2 Å². The second-order valence-corrected chi connectivity index (χ2v) is 6.53. The third-order valence-electron chi connectivity index (χ3n) is 3.99. The molecular weight excluding hydrogens is 304 g/mol. The van der Waals surface area contributed by atoms with Gasteiger partial charge in [-0.25, -0.2) is 0 Å². The topological polar surface area (TPSA) is 74.6 Å². The first kappa shape index (κ1) is 25.2. The van der Waals surface area contributed by atoms with Gasteiger partial charge in [-0.1, -0.05) is 90.9 Å². The van der Waals surface area contributed by atoms with Gasteiger partial charge in [-0.2, -0.15) is 0 Å². The lowest BCUT2D eigenvalue weighted by Crippen LogP contribution is -1.93. The normalized spacial score (nSPS) is 10.1. The molecule has 0 aromatic carbocycles. The van der Waals surface area contributed by atoms with E-state index in [9.17, 15) is 9.59 Å². The van der Waals surface area contributed by atoms with Crippen LogP contribution in [0.15, 0.2) is 0 Å². The van der Waals surface area contributed by atoms with Crippen molar-refractivity contribution < 1.29 is 19.8 Å². The number of aliphatic carboxylic acids is 2. The number of carboxylic acids is 2. The van der Waals surface area contributed by atoms with Crippen molar-refractivity contribution in [3.63, 3.8) is 0 Å². The first-order valence-corrected chi connectivity index (χ1v) is 9.98. The van der Waals surface area contributed by atoms with Crippen LogP contribution in [0.3, 0.4) is 0 Å². The van der Waals surface area contributed by atoms with Gasteiger partial charge in [0.2, 0.25) is 0 Å². The first-order chi connectivity index (χ1) is 11.5. The summed E-state index contributed by atoms with van der Waals surface area (Å²) in [5.74, 6) is -1.33. The fraction of sp³-hybridized carbons (Fsp3) is 0.900. The third-order valence-corrected chi connectivity index (χ3v) is 3.99. The minimum Gasteiger partial charge on any atom is -0.481 e. The Morgan fingerprint density at radius 3 is 1.00 bits per heavy atom. The summed E-state index contributed by atoms with van der Waals surface area (Å²) in [6.45, 7) is 4.38. The zero-order valence-corrected chi connectivity index (χ0v) is 16.0. The Hall–Kier alpha value is -1.06. The third kappa shape index (κ3) is 29.0. The SMILES string of the molecule is CCCCCCCC(=O)O.CCCCCCCCCCCC(=O)O. The van der Waals surface area contributed by atoms with Gasteiger partial charge in [0.05, 0.1) is 0 Å². The number of hydrogen-bond acceptors (Lipinski definition) is 2. The highest BCUT2D eigenvalue weighted by Gasteiger charge is 1.96. The van der Waals surface area contributed by atoms with Gasteiger partial charge >= 0.3 is 11.9 Å². The van der Waals surface area contributed by atoms with E-state index >= 15 is 0 Å². The molecule has 0 aliphatic heterocycles. The molecule has 0 amide bonds. The lowest BCUT2D eigenvalue weighted by molar-refractivity contribution is -0.138. The molecule has 24 heavy (non-hydrogen) atoms. The summed E-state index contributed by atoms with van der Waals surface area (Å²) in [6, 6.07) is 0. The number of carbonyl (C=O) groups is 2. The Morgan fingerprint density at radius 2 is 0.750 bits per heavy atom. The summed E-state index contributed by atoms with van der Waals surface area (Å²) in [7, 11) is 0. The molecule has 0 bridgehead atoms. The van der Waals surface area contributed by atoms with Crippen LogP contribution in [-0.4, -0.2) is 22.2 Å². The molecule has 0 aliphatic carbocycles. The fourth-order valence-corrected chi connectivity index (χ4v) is 2.47. The zero-order valence-electron chi connectivity index (χ0n) is 16.0. The van der Waals surface area contributed by atoms with Gasteiger partial charge in [0.15, 0.2) is 0 Å². The van der Waals surface area contributed by atoms with E-state index in [1.807, 2.05) is 0 Å². The molecule has 0 aromatic rings. The smallest absolute Gasteiger partial charge is 0.303 e. The predicted molar refractivity (Wildman–Crippen MR) is 100 cm³/mol. The average Bonchev–Trinajstić information content (AvgIpc) is 2.53. The van der Waals surface area contributed by atoms with Crippen molar-refractivity contribution in [2.75, 3.05) is 0 Å². The van der Waals surface area contributed by atoms with E-state index in [0.717, 1.165) is 25.7 Å². The van der Waals surface area contributed by atoms with Crippen molar-refractivity contribution in [3.8, 4) is 0 Å². The van der Waals surface area contributed by atoms with Gasteiger partial charge in [-0.15, -0.1) is 0 Å². The Morgan fingerprint density at radius 1 is 0.500 bits per heavy atom. The minimum atomic E-state index is -0.670. The molecule has 0 radical (unpaired) electrons. The monoisotopic (exact) mass is 344 g/mol. The largest absolute Gasteiger partial charge is 0.481 e. The first-order valence-electron chi connectivity index (χ1n) is 9.98. The standard InChI is InChI=1S/C12H24O2.C8H16O2/c1-2-3-4-5-6-7-8-9-10-11-12(13)14;1-2-3-4-5-6-7-8(9)10/h2-11H2,1H3,(H,13,14);2-7H2,1H3,(H,9,10). The van der Waals surface area contributed by atoms with Crippen LogP contribution in [0.2, 0.25) is 0 Å². The molecule has 144 valence electrons. The van der Waals surface area contributed by atoms with Gasteiger partial charge in [-0.3, -0.25) is 9.59 Å². The molecule has 0 saturated carbocycles. The van der Waals surface area contributed by atoms with Crippen LogP contribution in [0.25, 0.3) is 0 Å². The van der Waals surface area contributed by atoms with E-state index in [-0.39, 0.29) is 0 Å². The molecule has 0 aromatic heterocycles. The van der Waals surface area contributed by atoms with Crippen molar-refractivity contribution in [2.45, 2.75) is 117 Å². The van der Waals surface area contributed by atoms with Crippen LogP contribution < -0.4 is 0 Å². The van der Waals surface area contributed by atoms with Crippen LogP contribution in [-0.2, 0) is 9.59 Å². The summed E-state index contributed by atoms with van der Waals surface area (Å²) in [5, 5.41) is 16.7.